The summed E-state index contributed by atoms with van der Waals surface area (Å²) in [5.41, 5.74) is 0. The van der Waals surface area contributed by atoms with E-state index in [2.05, 4.69) is 25.0 Å². The average Bonchev–Trinajstić information content (AvgIpc) is 2.59. The van der Waals surface area contributed by atoms with Crippen molar-refractivity contribution < 1.29 is 4.52 Å². The number of hydrogen-bond donors (Lipinski definition) is 0. The zero-order valence-electron chi connectivity index (χ0n) is 4.93. The first-order valence-corrected chi connectivity index (χ1v) is 2.67. The molecule has 0 fully saturated rings. The van der Waals surface area contributed by atoms with Gasteiger partial charge in [-0.3, -0.25) is 0 Å². The van der Waals surface area contributed by atoms with Gasteiger partial charge in [0.1, 0.15) is 0 Å². The first-order chi connectivity index (χ1) is 4.97. The summed E-state index contributed by atoms with van der Waals surface area (Å²) in [7, 11) is 0. The number of aromatic nitrogens is 2. The maximum Gasteiger partial charge on any atom is 0.239 e. The Morgan fingerprint density at radius 3 is 2.90 bits per heavy atom. The summed E-state index contributed by atoms with van der Waals surface area (Å²) < 4.78 is 4.50. The molecule has 5 nitrogen and oxygen atoms in total. The van der Waals surface area contributed by atoms with Crippen molar-refractivity contribution in [2.75, 3.05) is 0 Å². The van der Waals surface area contributed by atoms with Gasteiger partial charge in [0.2, 0.25) is 18.1 Å². The second-order valence-electron chi connectivity index (χ2n) is 1.63. The molecule has 10 heavy (non-hydrogen) atoms. The highest BCUT2D eigenvalue weighted by molar-refractivity contribution is 5.97. The smallest absolute Gasteiger partial charge is 0.239 e. The minimum Gasteiger partial charge on any atom is -0.342 e. The first-order valence-electron chi connectivity index (χ1n) is 2.67. The van der Waals surface area contributed by atoms with Crippen LogP contribution in [-0.4, -0.2) is 16.0 Å². The fourth-order valence-corrected chi connectivity index (χ4v) is 0.626. The van der Waals surface area contributed by atoms with Gasteiger partial charge in [-0.15, -0.1) is 0 Å². The molecular weight excluding hydrogens is 132 g/mol. The van der Waals surface area contributed by atoms with Gasteiger partial charge in [-0.25, -0.2) is 10.3 Å². The lowest BCUT2D eigenvalue weighted by Gasteiger charge is -1.86. The predicted octanol–water partition coefficient (Wildman–Crippen LogP) is -0.0946. The van der Waals surface area contributed by atoms with Crippen LogP contribution in [0.2, 0.25) is 0 Å². The lowest BCUT2D eigenvalue weighted by Crippen LogP contribution is -2.09. The molecule has 5 heteroatoms. The van der Waals surface area contributed by atoms with E-state index in [1.165, 1.54) is 6.39 Å². The Kier molecular flexibility index (Phi) is 1.00. The van der Waals surface area contributed by atoms with Crippen LogP contribution >= 0.6 is 0 Å². The van der Waals surface area contributed by atoms with Crippen LogP contribution in [0.1, 0.15) is 5.82 Å². The van der Waals surface area contributed by atoms with Crippen molar-refractivity contribution in [3.8, 4) is 0 Å². The third-order valence-electron chi connectivity index (χ3n) is 1.02. The number of aliphatic imine (C=N–C) groups is 1. The van der Waals surface area contributed by atoms with Gasteiger partial charge in [-0.05, 0) is 0 Å². The number of hydrogen-bond acceptors (Lipinski definition) is 4. The molecule has 2 rings (SSSR count). The first kappa shape index (κ1) is 5.16. The third-order valence-corrected chi connectivity index (χ3v) is 1.02. The van der Waals surface area contributed by atoms with Crippen molar-refractivity contribution in [1.82, 2.24) is 15.5 Å². The summed E-state index contributed by atoms with van der Waals surface area (Å²) in [6.45, 7) is 0. The largest absolute Gasteiger partial charge is 0.342 e. The van der Waals surface area contributed by atoms with Crippen LogP contribution < -0.4 is 5.32 Å². The molecule has 1 aliphatic heterocycles. The summed E-state index contributed by atoms with van der Waals surface area (Å²) in [6, 6.07) is 0. The summed E-state index contributed by atoms with van der Waals surface area (Å²) in [5.74, 6) is 0.916. The van der Waals surface area contributed by atoms with Crippen LogP contribution in [0.5, 0.6) is 0 Å². The Bertz CT molecular complexity index is 274. The minimum atomic E-state index is 0.421. The summed E-state index contributed by atoms with van der Waals surface area (Å²) in [5, 5.41) is 7.41. The fourth-order valence-electron chi connectivity index (χ4n) is 0.626. The number of rotatable bonds is 1. The summed E-state index contributed by atoms with van der Waals surface area (Å²) >= 11 is 0. The molecule has 0 saturated carbocycles. The molecule has 1 aromatic rings. The summed E-state index contributed by atoms with van der Waals surface area (Å²) in [4.78, 5) is 7.62. The fraction of sp³-hybridized carbons (Fsp3) is 0. The Morgan fingerprint density at radius 1 is 1.30 bits per heavy atom. The second kappa shape index (κ2) is 1.94. The molecule has 2 heterocycles. The average molecular weight is 135 g/mol. The normalized spacial score (nSPS) is 15.0. The van der Waals surface area contributed by atoms with Crippen LogP contribution in [0, 0.1) is 0 Å². The van der Waals surface area contributed by atoms with Gasteiger partial charge >= 0.3 is 0 Å². The maximum absolute atomic E-state index is 4.50. The van der Waals surface area contributed by atoms with Crippen molar-refractivity contribution in [1.29, 1.82) is 0 Å². The zero-order chi connectivity index (χ0) is 6.81. The lowest BCUT2D eigenvalue weighted by atomic mass is 10.5. The quantitative estimate of drug-likeness (QED) is 0.540. The second-order valence-corrected chi connectivity index (χ2v) is 1.63. The highest BCUT2D eigenvalue weighted by Crippen LogP contribution is 1.96. The van der Waals surface area contributed by atoms with Gasteiger partial charge in [0.15, 0.2) is 0 Å². The SMILES string of the molecule is C1=CN=C(c2ncon2)[N]1. The van der Waals surface area contributed by atoms with E-state index in [1.54, 1.807) is 12.4 Å². The van der Waals surface area contributed by atoms with Crippen LogP contribution in [0.4, 0.5) is 0 Å². The standard InChI is InChI=1S/C5H3N4O/c1-2-7-4(6-1)5-8-3-10-9-5/h1-3H. The Hall–Kier alpha value is -1.65. The molecule has 0 aliphatic carbocycles. The van der Waals surface area contributed by atoms with E-state index in [9.17, 15) is 0 Å². The van der Waals surface area contributed by atoms with Gasteiger partial charge in [0.25, 0.3) is 0 Å². The van der Waals surface area contributed by atoms with Crippen LogP contribution in [0.3, 0.4) is 0 Å². The van der Waals surface area contributed by atoms with E-state index in [0.29, 0.717) is 11.7 Å². The summed E-state index contributed by atoms with van der Waals surface area (Å²) in [6.07, 6.45) is 4.39. The highest BCUT2D eigenvalue weighted by atomic mass is 16.5. The molecule has 0 spiro atoms. The highest BCUT2D eigenvalue weighted by Gasteiger charge is 2.09. The van der Waals surface area contributed by atoms with Gasteiger partial charge in [0, 0.05) is 12.4 Å². The van der Waals surface area contributed by atoms with Gasteiger partial charge in [-0.2, -0.15) is 4.98 Å². The molecule has 0 amide bonds. The maximum atomic E-state index is 4.50. The van der Waals surface area contributed by atoms with Gasteiger partial charge in [-0.1, -0.05) is 5.16 Å². The molecule has 0 bridgehead atoms. The molecular formula is C5H3N4O. The Labute approximate surface area is 56.5 Å². The van der Waals surface area contributed by atoms with Crippen molar-refractivity contribution in [3.63, 3.8) is 0 Å². The molecule has 1 aromatic heterocycles. The van der Waals surface area contributed by atoms with Crippen LogP contribution in [0.15, 0.2) is 28.3 Å². The Balaban J connectivity index is 2.30. The third kappa shape index (κ3) is 0.680. The van der Waals surface area contributed by atoms with E-state index in [4.69, 9.17) is 0 Å². The molecule has 0 N–H and O–H groups in total. The zero-order valence-corrected chi connectivity index (χ0v) is 4.93. The minimum absolute atomic E-state index is 0.421. The number of nitrogens with zero attached hydrogens (tertiary/aromatic N) is 4. The van der Waals surface area contributed by atoms with E-state index in [1.807, 2.05) is 0 Å². The molecule has 1 radical (unpaired) electrons. The van der Waals surface area contributed by atoms with Crippen molar-refractivity contribution in [2.45, 2.75) is 0 Å². The van der Waals surface area contributed by atoms with E-state index in [0.717, 1.165) is 0 Å². The van der Waals surface area contributed by atoms with E-state index in [-0.39, 0.29) is 0 Å². The van der Waals surface area contributed by atoms with E-state index < -0.39 is 0 Å². The predicted molar refractivity (Wildman–Crippen MR) is 32.1 cm³/mol. The molecule has 0 atom stereocenters. The molecule has 0 unspecified atom stereocenters. The van der Waals surface area contributed by atoms with Crippen LogP contribution in [-0.2, 0) is 0 Å². The van der Waals surface area contributed by atoms with Crippen molar-refractivity contribution >= 4 is 5.84 Å². The molecule has 1 aliphatic rings. The van der Waals surface area contributed by atoms with Gasteiger partial charge in [0.05, 0.1) is 0 Å². The lowest BCUT2D eigenvalue weighted by molar-refractivity contribution is 0.415. The molecule has 49 valence electrons. The van der Waals surface area contributed by atoms with Gasteiger partial charge < -0.3 is 4.52 Å². The van der Waals surface area contributed by atoms with Crippen molar-refractivity contribution in [3.05, 3.63) is 24.6 Å². The van der Waals surface area contributed by atoms with Crippen molar-refractivity contribution in [2.24, 2.45) is 4.99 Å². The van der Waals surface area contributed by atoms with E-state index >= 15 is 0 Å². The Morgan fingerprint density at radius 2 is 2.30 bits per heavy atom. The molecule has 0 saturated heterocycles. The number of amidine groups is 1. The monoisotopic (exact) mass is 135 g/mol. The van der Waals surface area contributed by atoms with Crippen LogP contribution in [0.25, 0.3) is 0 Å². The topological polar surface area (TPSA) is 65.4 Å². The molecule has 0 aromatic carbocycles.